The smallest absolute Gasteiger partial charge is 0.0608 e. The van der Waals surface area contributed by atoms with Gasteiger partial charge in [-0.25, -0.2) is 0 Å². The molecule has 0 N–H and O–H groups in total. The Bertz CT molecular complexity index is 709. The number of piperazine rings is 1. The Morgan fingerprint density at radius 2 is 1.27 bits per heavy atom. The monoisotopic (exact) mass is 406 g/mol. The van der Waals surface area contributed by atoms with Crippen LogP contribution in [0, 0.1) is 0 Å². The van der Waals surface area contributed by atoms with E-state index in [1.807, 2.05) is 6.92 Å². The zero-order valence-electron chi connectivity index (χ0n) is 19.9. The normalized spacial score (nSPS) is 17.1. The van der Waals surface area contributed by atoms with Gasteiger partial charge in [-0.2, -0.15) is 0 Å². The van der Waals surface area contributed by atoms with Crippen molar-refractivity contribution in [3.05, 3.63) is 82.9 Å². The fourth-order valence-electron chi connectivity index (χ4n) is 4.20. The minimum atomic E-state index is 0.434. The molecule has 0 spiro atoms. The van der Waals surface area contributed by atoms with Crippen LogP contribution in [0.2, 0.25) is 0 Å². The van der Waals surface area contributed by atoms with Crippen LogP contribution in [0.4, 0.5) is 0 Å². The van der Waals surface area contributed by atoms with Gasteiger partial charge in [0.25, 0.3) is 0 Å². The SMILES string of the molecule is C/C=C\CC.CCC.CN1CCN(C2c3ccccc3CCc3ccccc32)CC1. The molecule has 2 aliphatic rings. The van der Waals surface area contributed by atoms with Crippen LogP contribution in [0.5, 0.6) is 0 Å². The first-order valence-corrected chi connectivity index (χ1v) is 11.8. The van der Waals surface area contributed by atoms with Gasteiger partial charge in [0, 0.05) is 26.2 Å². The summed E-state index contributed by atoms with van der Waals surface area (Å²) < 4.78 is 0. The van der Waals surface area contributed by atoms with Crippen LogP contribution in [0.25, 0.3) is 0 Å². The second-order valence-corrected chi connectivity index (χ2v) is 8.32. The maximum atomic E-state index is 2.68. The molecule has 0 amide bonds. The van der Waals surface area contributed by atoms with Crippen LogP contribution < -0.4 is 0 Å². The van der Waals surface area contributed by atoms with Crippen molar-refractivity contribution in [3.8, 4) is 0 Å². The molecule has 0 radical (unpaired) electrons. The molecule has 0 bridgehead atoms. The van der Waals surface area contributed by atoms with Crippen LogP contribution >= 0.6 is 0 Å². The first-order chi connectivity index (χ1) is 14.7. The van der Waals surface area contributed by atoms with Gasteiger partial charge in [0.15, 0.2) is 0 Å². The highest BCUT2D eigenvalue weighted by molar-refractivity contribution is 5.44. The lowest BCUT2D eigenvalue weighted by Gasteiger charge is -2.39. The number of hydrogen-bond acceptors (Lipinski definition) is 2. The van der Waals surface area contributed by atoms with Crippen molar-refractivity contribution in [1.82, 2.24) is 9.80 Å². The van der Waals surface area contributed by atoms with Gasteiger partial charge in [0.1, 0.15) is 0 Å². The number of fused-ring (bicyclic) bond motifs is 2. The highest BCUT2D eigenvalue weighted by Crippen LogP contribution is 2.36. The molecule has 1 aliphatic heterocycles. The Morgan fingerprint density at radius 3 is 1.67 bits per heavy atom. The molecule has 1 saturated heterocycles. The lowest BCUT2D eigenvalue weighted by atomic mass is 9.93. The number of aryl methyl sites for hydroxylation is 2. The van der Waals surface area contributed by atoms with Gasteiger partial charge in [0.2, 0.25) is 0 Å². The van der Waals surface area contributed by atoms with Gasteiger partial charge < -0.3 is 4.90 Å². The van der Waals surface area contributed by atoms with E-state index in [9.17, 15) is 0 Å². The van der Waals surface area contributed by atoms with E-state index in [4.69, 9.17) is 0 Å². The number of benzene rings is 2. The number of allylic oxidation sites excluding steroid dienone is 2. The standard InChI is InChI=1S/C20H24N2.C5H10.C3H8/c1-21-12-14-22(15-13-21)20-18-8-4-2-6-16(18)10-11-17-7-3-5-9-19(17)20;1-3-5-4-2;1-3-2/h2-9,20H,10-15H2,1H3;3,5H,4H2,1-2H3;3H2,1-2H3/b;5-3-;. The van der Waals surface area contributed by atoms with Gasteiger partial charge in [-0.15, -0.1) is 0 Å². The molecule has 1 aliphatic carbocycles. The summed E-state index contributed by atoms with van der Waals surface area (Å²) in [6.07, 6.45) is 8.92. The molecule has 0 atom stereocenters. The number of rotatable bonds is 2. The lowest BCUT2D eigenvalue weighted by Crippen LogP contribution is -2.46. The first kappa shape index (κ1) is 24.4. The Morgan fingerprint density at radius 1 is 0.800 bits per heavy atom. The molecule has 164 valence electrons. The third-order valence-corrected chi connectivity index (χ3v) is 5.74. The predicted octanol–water partition coefficient (Wildman–Crippen LogP) is 6.51. The number of nitrogens with zero attached hydrogens (tertiary/aromatic N) is 2. The van der Waals surface area contributed by atoms with Crippen LogP contribution in [0.1, 0.15) is 68.8 Å². The van der Waals surface area contributed by atoms with E-state index >= 15 is 0 Å². The summed E-state index contributed by atoms with van der Waals surface area (Å²) in [5.41, 5.74) is 6.11. The second-order valence-electron chi connectivity index (χ2n) is 8.32. The molecular formula is C28H42N2. The quantitative estimate of drug-likeness (QED) is 0.524. The number of hydrogen-bond donors (Lipinski definition) is 0. The summed E-state index contributed by atoms with van der Waals surface area (Å²) >= 11 is 0. The molecule has 0 unspecified atom stereocenters. The van der Waals surface area contributed by atoms with E-state index in [2.05, 4.69) is 98.3 Å². The van der Waals surface area contributed by atoms with E-state index in [0.29, 0.717) is 6.04 Å². The zero-order chi connectivity index (χ0) is 21.8. The van der Waals surface area contributed by atoms with E-state index in [-0.39, 0.29) is 0 Å². The Labute approximate surface area is 185 Å². The van der Waals surface area contributed by atoms with Crippen molar-refractivity contribution < 1.29 is 0 Å². The lowest BCUT2D eigenvalue weighted by molar-refractivity contribution is 0.127. The van der Waals surface area contributed by atoms with Crippen molar-refractivity contribution in [2.45, 2.75) is 59.4 Å². The van der Waals surface area contributed by atoms with Crippen LogP contribution in [0.15, 0.2) is 60.7 Å². The molecular weight excluding hydrogens is 364 g/mol. The predicted molar refractivity (Wildman–Crippen MR) is 132 cm³/mol. The summed E-state index contributed by atoms with van der Waals surface area (Å²) in [5, 5.41) is 0. The van der Waals surface area contributed by atoms with Crippen LogP contribution in [-0.2, 0) is 12.8 Å². The number of likely N-dealkylation sites (N-methyl/N-ethyl adjacent to an activating group) is 1. The van der Waals surface area contributed by atoms with Crippen molar-refractivity contribution in [1.29, 1.82) is 0 Å². The van der Waals surface area contributed by atoms with Crippen LogP contribution in [0.3, 0.4) is 0 Å². The van der Waals surface area contributed by atoms with Crippen molar-refractivity contribution in [3.63, 3.8) is 0 Å². The third kappa shape index (κ3) is 6.82. The molecule has 2 heteroatoms. The van der Waals surface area contributed by atoms with E-state index in [1.165, 1.54) is 41.8 Å². The molecule has 0 aromatic heterocycles. The maximum absolute atomic E-state index is 2.68. The van der Waals surface area contributed by atoms with Gasteiger partial charge in [0.05, 0.1) is 6.04 Å². The highest BCUT2D eigenvalue weighted by Gasteiger charge is 2.29. The average molecular weight is 407 g/mol. The second kappa shape index (κ2) is 13.4. The van der Waals surface area contributed by atoms with Gasteiger partial charge in [-0.05, 0) is 55.5 Å². The molecule has 2 aromatic carbocycles. The van der Waals surface area contributed by atoms with E-state index < -0.39 is 0 Å². The highest BCUT2D eigenvalue weighted by atomic mass is 15.3. The summed E-state index contributed by atoms with van der Waals surface area (Å²) in [7, 11) is 2.23. The molecule has 4 rings (SSSR count). The summed E-state index contributed by atoms with van der Waals surface area (Å²) in [6, 6.07) is 18.6. The molecule has 30 heavy (non-hydrogen) atoms. The van der Waals surface area contributed by atoms with Crippen LogP contribution in [-0.4, -0.2) is 43.0 Å². The van der Waals surface area contributed by atoms with Gasteiger partial charge in [-0.1, -0.05) is 87.9 Å². The van der Waals surface area contributed by atoms with Crippen molar-refractivity contribution in [2.24, 2.45) is 0 Å². The molecule has 2 aromatic rings. The minimum Gasteiger partial charge on any atom is -0.304 e. The van der Waals surface area contributed by atoms with E-state index in [0.717, 1.165) is 32.4 Å². The fourth-order valence-corrected chi connectivity index (χ4v) is 4.20. The van der Waals surface area contributed by atoms with E-state index in [1.54, 1.807) is 0 Å². The van der Waals surface area contributed by atoms with Gasteiger partial charge in [-0.3, -0.25) is 4.90 Å². The molecule has 0 saturated carbocycles. The summed E-state index contributed by atoms with van der Waals surface area (Å²) in [6.45, 7) is 13.1. The third-order valence-electron chi connectivity index (χ3n) is 5.74. The Balaban J connectivity index is 0.000000347. The van der Waals surface area contributed by atoms with Crippen molar-refractivity contribution >= 4 is 0 Å². The molecule has 1 fully saturated rings. The topological polar surface area (TPSA) is 6.48 Å². The Hall–Kier alpha value is -1.90. The Kier molecular flexibility index (Phi) is 10.9. The average Bonchev–Trinajstić information content (AvgIpc) is 2.93. The minimum absolute atomic E-state index is 0.434. The van der Waals surface area contributed by atoms with Gasteiger partial charge >= 0.3 is 0 Å². The van der Waals surface area contributed by atoms with Crippen molar-refractivity contribution in [2.75, 3.05) is 33.2 Å². The molecule has 1 heterocycles. The summed E-state index contributed by atoms with van der Waals surface area (Å²) in [5.74, 6) is 0. The molecule has 2 nitrogen and oxygen atoms in total. The first-order valence-electron chi connectivity index (χ1n) is 11.8. The fraction of sp³-hybridized carbons (Fsp3) is 0.500. The zero-order valence-corrected chi connectivity index (χ0v) is 19.9. The largest absolute Gasteiger partial charge is 0.304 e. The summed E-state index contributed by atoms with van der Waals surface area (Å²) in [4.78, 5) is 5.12. The maximum Gasteiger partial charge on any atom is 0.0608 e.